The lowest BCUT2D eigenvalue weighted by Crippen LogP contribution is -1.93. The number of nitrogens with zero attached hydrogens (tertiary/aromatic N) is 3. The first-order chi connectivity index (χ1) is 6.76. The van der Waals surface area contributed by atoms with Crippen LogP contribution in [0, 0.1) is 0 Å². The summed E-state index contributed by atoms with van der Waals surface area (Å²) >= 11 is 7.32. The average Bonchev–Trinajstić information content (AvgIpc) is 2.59. The fraction of sp³-hybridized carbons (Fsp3) is 0.250. The summed E-state index contributed by atoms with van der Waals surface area (Å²) in [6, 6.07) is 1.69. The van der Waals surface area contributed by atoms with Crippen molar-refractivity contribution in [2.75, 3.05) is 6.26 Å². The summed E-state index contributed by atoms with van der Waals surface area (Å²) in [7, 11) is 0. The molecule has 6 heteroatoms. The first-order valence-corrected chi connectivity index (χ1v) is 5.54. The summed E-state index contributed by atoms with van der Waals surface area (Å²) in [4.78, 5) is 8.20. The molecule has 0 amide bonds. The summed E-state index contributed by atoms with van der Waals surface area (Å²) < 4.78 is 1.81. The molecule has 0 saturated carbocycles. The van der Waals surface area contributed by atoms with Crippen LogP contribution in [0.2, 0.25) is 5.15 Å². The van der Waals surface area contributed by atoms with E-state index in [0.29, 0.717) is 10.8 Å². The van der Waals surface area contributed by atoms with E-state index in [9.17, 15) is 0 Å². The van der Waals surface area contributed by atoms with Crippen LogP contribution in [-0.2, 0) is 6.61 Å². The minimum absolute atomic E-state index is 0.0926. The maximum Gasteiger partial charge on any atom is 0.175 e. The van der Waals surface area contributed by atoms with Gasteiger partial charge in [-0.2, -0.15) is 0 Å². The largest absolute Gasteiger partial charge is 0.390 e. The number of aromatic nitrogens is 3. The summed E-state index contributed by atoms with van der Waals surface area (Å²) in [5, 5.41) is 10.2. The van der Waals surface area contributed by atoms with Crippen molar-refractivity contribution in [1.29, 1.82) is 0 Å². The zero-order valence-corrected chi connectivity index (χ0v) is 9.01. The lowest BCUT2D eigenvalue weighted by Gasteiger charge is -2.01. The van der Waals surface area contributed by atoms with Gasteiger partial charge in [-0.05, 0) is 6.26 Å². The Morgan fingerprint density at radius 2 is 2.43 bits per heavy atom. The maximum atomic E-state index is 9.03. The van der Waals surface area contributed by atoms with Crippen LogP contribution in [0.15, 0.2) is 17.6 Å². The molecule has 0 aliphatic heterocycles. The molecule has 0 unspecified atom stereocenters. The van der Waals surface area contributed by atoms with Crippen LogP contribution in [-0.4, -0.2) is 25.7 Å². The average molecular weight is 230 g/mol. The number of aliphatic hydroxyl groups excluding tert-OH is 1. The quantitative estimate of drug-likeness (QED) is 0.483. The van der Waals surface area contributed by atoms with Crippen molar-refractivity contribution in [2.45, 2.75) is 11.8 Å². The molecule has 2 aromatic heterocycles. The van der Waals surface area contributed by atoms with Gasteiger partial charge in [0.25, 0.3) is 0 Å². The summed E-state index contributed by atoms with van der Waals surface area (Å²) in [5.41, 5.74) is 1.42. The van der Waals surface area contributed by atoms with Gasteiger partial charge in [0.1, 0.15) is 11.5 Å². The van der Waals surface area contributed by atoms with Crippen LogP contribution < -0.4 is 0 Å². The Morgan fingerprint density at radius 3 is 3.07 bits per heavy atom. The van der Waals surface area contributed by atoms with E-state index in [0.717, 1.165) is 10.7 Å². The van der Waals surface area contributed by atoms with Crippen LogP contribution in [0.4, 0.5) is 0 Å². The highest BCUT2D eigenvalue weighted by atomic mass is 35.5. The number of hydrogen-bond donors (Lipinski definition) is 1. The third kappa shape index (κ3) is 1.47. The van der Waals surface area contributed by atoms with Gasteiger partial charge in [-0.15, -0.1) is 0 Å². The second kappa shape index (κ2) is 3.76. The summed E-state index contributed by atoms with van der Waals surface area (Å²) in [6.07, 6.45) is 3.55. The number of thioether (sulfide) groups is 1. The molecule has 0 spiro atoms. The summed E-state index contributed by atoms with van der Waals surface area (Å²) in [5.74, 6) is 0. The van der Waals surface area contributed by atoms with Crippen molar-refractivity contribution in [3.63, 3.8) is 0 Å². The Bertz CT molecular complexity index is 471. The van der Waals surface area contributed by atoms with E-state index in [1.165, 1.54) is 11.8 Å². The van der Waals surface area contributed by atoms with Gasteiger partial charge >= 0.3 is 0 Å². The molecule has 2 rings (SSSR count). The second-order valence-corrected chi connectivity index (χ2v) is 3.83. The van der Waals surface area contributed by atoms with Gasteiger partial charge in [0.15, 0.2) is 5.16 Å². The molecule has 2 aromatic rings. The van der Waals surface area contributed by atoms with E-state index in [1.807, 2.05) is 10.7 Å². The van der Waals surface area contributed by atoms with Gasteiger partial charge in [0, 0.05) is 6.07 Å². The minimum atomic E-state index is -0.0926. The molecule has 0 radical (unpaired) electrons. The lowest BCUT2D eigenvalue weighted by atomic mass is 10.4. The third-order valence-electron chi connectivity index (χ3n) is 1.88. The van der Waals surface area contributed by atoms with E-state index in [1.54, 1.807) is 12.4 Å². The van der Waals surface area contributed by atoms with Crippen LogP contribution >= 0.6 is 23.4 Å². The summed E-state index contributed by atoms with van der Waals surface area (Å²) in [6.45, 7) is -0.0926. The molecule has 14 heavy (non-hydrogen) atoms. The zero-order valence-electron chi connectivity index (χ0n) is 7.44. The topological polar surface area (TPSA) is 50.4 Å². The van der Waals surface area contributed by atoms with E-state index < -0.39 is 0 Å². The molecule has 0 atom stereocenters. The molecule has 74 valence electrons. The van der Waals surface area contributed by atoms with Crippen LogP contribution in [0.1, 0.15) is 5.69 Å². The van der Waals surface area contributed by atoms with Crippen molar-refractivity contribution < 1.29 is 5.11 Å². The number of fused-ring (bicyclic) bond motifs is 1. The molecule has 0 aromatic carbocycles. The Labute approximate surface area is 89.9 Å². The monoisotopic (exact) mass is 229 g/mol. The predicted octanol–water partition coefficient (Wildman–Crippen LogP) is 1.60. The molecule has 0 aliphatic rings. The van der Waals surface area contributed by atoms with Crippen molar-refractivity contribution in [3.05, 3.63) is 23.2 Å². The van der Waals surface area contributed by atoms with Crippen molar-refractivity contribution in [1.82, 2.24) is 14.4 Å². The van der Waals surface area contributed by atoms with E-state index in [2.05, 4.69) is 9.97 Å². The van der Waals surface area contributed by atoms with Gasteiger partial charge in [-0.1, -0.05) is 23.4 Å². The fourth-order valence-corrected chi connectivity index (χ4v) is 2.02. The van der Waals surface area contributed by atoms with Gasteiger partial charge in [0.05, 0.1) is 17.8 Å². The Kier molecular flexibility index (Phi) is 2.62. The zero-order chi connectivity index (χ0) is 10.1. The molecular formula is C8H8ClN3OS. The van der Waals surface area contributed by atoms with Crippen LogP contribution in [0.3, 0.4) is 0 Å². The van der Waals surface area contributed by atoms with E-state index >= 15 is 0 Å². The van der Waals surface area contributed by atoms with Gasteiger partial charge in [-0.25, -0.2) is 9.97 Å². The van der Waals surface area contributed by atoms with Crippen LogP contribution in [0.5, 0.6) is 0 Å². The van der Waals surface area contributed by atoms with Crippen LogP contribution in [0.25, 0.3) is 5.52 Å². The maximum absolute atomic E-state index is 9.03. The normalized spacial score (nSPS) is 11.1. The minimum Gasteiger partial charge on any atom is -0.390 e. The molecule has 0 aliphatic carbocycles. The Balaban J connectivity index is 2.76. The van der Waals surface area contributed by atoms with E-state index in [4.69, 9.17) is 16.7 Å². The number of rotatable bonds is 2. The molecular weight excluding hydrogens is 222 g/mol. The number of halogens is 1. The standard InChI is InChI=1S/C8H8ClN3OS/c1-14-8-11-7(9)2-6-5(3-13)10-4-12(6)8/h2,4,13H,3H2,1H3. The molecule has 1 N–H and O–H groups in total. The smallest absolute Gasteiger partial charge is 0.175 e. The molecule has 4 nitrogen and oxygen atoms in total. The highest BCUT2D eigenvalue weighted by Crippen LogP contribution is 2.21. The molecule has 2 heterocycles. The predicted molar refractivity (Wildman–Crippen MR) is 55.7 cm³/mol. The first-order valence-electron chi connectivity index (χ1n) is 3.93. The number of hydrogen-bond acceptors (Lipinski definition) is 4. The number of imidazole rings is 1. The second-order valence-electron chi connectivity index (χ2n) is 2.67. The fourth-order valence-electron chi connectivity index (χ4n) is 1.26. The molecule has 0 bridgehead atoms. The SMILES string of the molecule is CSc1nc(Cl)cc2c(CO)ncn12. The molecule has 0 saturated heterocycles. The Hall–Kier alpha value is -0.780. The van der Waals surface area contributed by atoms with Gasteiger partial charge < -0.3 is 5.11 Å². The first kappa shape index (κ1) is 9.76. The lowest BCUT2D eigenvalue weighted by molar-refractivity contribution is 0.279. The van der Waals surface area contributed by atoms with Crippen molar-refractivity contribution >= 4 is 28.9 Å². The van der Waals surface area contributed by atoms with Crippen molar-refractivity contribution in [2.24, 2.45) is 0 Å². The molecule has 0 fully saturated rings. The van der Waals surface area contributed by atoms with Gasteiger partial charge in [-0.3, -0.25) is 4.40 Å². The van der Waals surface area contributed by atoms with Crippen molar-refractivity contribution in [3.8, 4) is 0 Å². The van der Waals surface area contributed by atoms with Gasteiger partial charge in [0.2, 0.25) is 0 Å². The highest BCUT2D eigenvalue weighted by Gasteiger charge is 2.08. The highest BCUT2D eigenvalue weighted by molar-refractivity contribution is 7.98. The Morgan fingerprint density at radius 1 is 1.64 bits per heavy atom. The van der Waals surface area contributed by atoms with E-state index in [-0.39, 0.29) is 6.61 Å². The number of aliphatic hydroxyl groups is 1. The third-order valence-corrected chi connectivity index (χ3v) is 2.73.